The third-order valence-corrected chi connectivity index (χ3v) is 5.63. The molecule has 1 N–H and O–H groups in total. The van der Waals surface area contributed by atoms with Crippen LogP contribution in [0.2, 0.25) is 0 Å². The van der Waals surface area contributed by atoms with Gasteiger partial charge < -0.3 is 15.0 Å². The van der Waals surface area contributed by atoms with E-state index in [9.17, 15) is 0 Å². The number of thiophene rings is 1. The van der Waals surface area contributed by atoms with Crippen LogP contribution >= 0.6 is 27.3 Å². The number of hydrogen-bond donors (Lipinski definition) is 1. The average molecular weight is 380 g/mol. The molecule has 1 atom stereocenters. The molecule has 1 aromatic rings. The minimum atomic E-state index is 0.237. The molecule has 1 saturated heterocycles. The van der Waals surface area contributed by atoms with Gasteiger partial charge in [-0.15, -0.1) is 11.3 Å². The van der Waals surface area contributed by atoms with Crippen molar-refractivity contribution in [1.82, 2.24) is 15.1 Å². The molecule has 0 radical (unpaired) electrons. The third kappa shape index (κ3) is 2.88. The summed E-state index contributed by atoms with van der Waals surface area (Å²) in [6.07, 6.45) is 8.74. The van der Waals surface area contributed by atoms with Gasteiger partial charge in [0.1, 0.15) is 6.17 Å². The second-order valence-electron chi connectivity index (χ2n) is 5.58. The molecule has 116 valence electrons. The van der Waals surface area contributed by atoms with Gasteiger partial charge in [0.15, 0.2) is 0 Å². The van der Waals surface area contributed by atoms with Crippen LogP contribution in [0.5, 0.6) is 0 Å². The molecule has 0 aliphatic carbocycles. The van der Waals surface area contributed by atoms with Gasteiger partial charge in [-0.3, -0.25) is 4.90 Å². The van der Waals surface area contributed by atoms with Crippen molar-refractivity contribution in [1.29, 1.82) is 0 Å². The van der Waals surface area contributed by atoms with Crippen molar-refractivity contribution in [2.75, 3.05) is 26.3 Å². The number of morpholine rings is 1. The van der Waals surface area contributed by atoms with Crippen molar-refractivity contribution >= 4 is 33.0 Å². The maximum Gasteiger partial charge on any atom is 0.122 e. The highest BCUT2D eigenvalue weighted by molar-refractivity contribution is 9.11. The largest absolute Gasteiger partial charge is 0.379 e. The Morgan fingerprint density at radius 3 is 3.05 bits per heavy atom. The molecule has 0 amide bonds. The standard InChI is InChI=1S/C16H18BrN3OS/c17-12-1-4-16-18-9-14(20(16)10-12)15-3-2-13(22-15)11-19-5-7-21-8-6-19/h1-4,9-10,16,18H,5-8,11H2. The SMILES string of the molecule is BrC1=CN2C(c3ccc(CN4CCOCC4)s3)=CNC2C=C1. The zero-order valence-electron chi connectivity index (χ0n) is 12.2. The maximum atomic E-state index is 5.41. The van der Waals surface area contributed by atoms with Crippen molar-refractivity contribution in [3.63, 3.8) is 0 Å². The predicted molar refractivity (Wildman–Crippen MR) is 93.3 cm³/mol. The molecule has 0 saturated carbocycles. The molecule has 0 spiro atoms. The van der Waals surface area contributed by atoms with E-state index in [2.05, 4.69) is 67.7 Å². The molecular weight excluding hydrogens is 362 g/mol. The molecule has 6 heteroatoms. The molecule has 3 aliphatic rings. The molecule has 0 aromatic carbocycles. The van der Waals surface area contributed by atoms with Gasteiger partial charge in [0.2, 0.25) is 0 Å². The van der Waals surface area contributed by atoms with E-state index >= 15 is 0 Å². The number of rotatable bonds is 3. The normalized spacial score (nSPS) is 24.8. The second kappa shape index (κ2) is 6.20. The number of nitrogens with one attached hydrogen (secondary N) is 1. The third-order valence-electron chi connectivity index (χ3n) is 4.07. The number of hydrogen-bond acceptors (Lipinski definition) is 5. The summed E-state index contributed by atoms with van der Waals surface area (Å²) in [5.41, 5.74) is 1.24. The molecule has 1 fully saturated rings. The zero-order valence-corrected chi connectivity index (χ0v) is 14.6. The van der Waals surface area contributed by atoms with Gasteiger partial charge in [-0.2, -0.15) is 0 Å². The van der Waals surface area contributed by atoms with Crippen LogP contribution < -0.4 is 5.32 Å². The van der Waals surface area contributed by atoms with Crippen LogP contribution in [0.1, 0.15) is 9.75 Å². The summed E-state index contributed by atoms with van der Waals surface area (Å²) >= 11 is 5.44. The molecule has 4 heterocycles. The molecule has 3 aliphatic heterocycles. The maximum absolute atomic E-state index is 5.41. The summed E-state index contributed by atoms with van der Waals surface area (Å²) in [6.45, 7) is 4.80. The van der Waals surface area contributed by atoms with E-state index < -0.39 is 0 Å². The lowest BCUT2D eigenvalue weighted by Crippen LogP contribution is -2.35. The van der Waals surface area contributed by atoms with Gasteiger partial charge in [-0.25, -0.2) is 0 Å². The van der Waals surface area contributed by atoms with Crippen molar-refractivity contribution in [3.8, 4) is 0 Å². The Morgan fingerprint density at radius 2 is 2.18 bits per heavy atom. The predicted octanol–water partition coefficient (Wildman–Crippen LogP) is 2.92. The number of nitrogens with zero attached hydrogens (tertiary/aromatic N) is 2. The first-order valence-electron chi connectivity index (χ1n) is 7.49. The van der Waals surface area contributed by atoms with E-state index in [0.29, 0.717) is 0 Å². The van der Waals surface area contributed by atoms with Crippen LogP contribution in [-0.2, 0) is 11.3 Å². The Kier molecular flexibility index (Phi) is 4.09. The highest BCUT2D eigenvalue weighted by Crippen LogP contribution is 2.34. The summed E-state index contributed by atoms with van der Waals surface area (Å²) in [5.74, 6) is 0. The molecule has 0 bridgehead atoms. The van der Waals surface area contributed by atoms with E-state index in [1.165, 1.54) is 15.5 Å². The summed E-state index contributed by atoms with van der Waals surface area (Å²) in [7, 11) is 0. The fourth-order valence-corrected chi connectivity index (χ4v) is 4.35. The first-order valence-corrected chi connectivity index (χ1v) is 9.10. The topological polar surface area (TPSA) is 27.7 Å². The molecular formula is C16H18BrN3OS. The van der Waals surface area contributed by atoms with Crippen LogP contribution in [0.25, 0.3) is 5.70 Å². The van der Waals surface area contributed by atoms with Crippen molar-refractivity contribution in [2.45, 2.75) is 12.7 Å². The van der Waals surface area contributed by atoms with Gasteiger partial charge >= 0.3 is 0 Å². The molecule has 4 rings (SSSR count). The zero-order chi connectivity index (χ0) is 14.9. The van der Waals surface area contributed by atoms with Gasteiger partial charge in [0, 0.05) is 41.4 Å². The number of allylic oxidation sites excluding steroid dienone is 2. The van der Waals surface area contributed by atoms with E-state index in [0.717, 1.165) is 37.3 Å². The smallest absolute Gasteiger partial charge is 0.122 e. The monoisotopic (exact) mass is 379 g/mol. The van der Waals surface area contributed by atoms with Crippen molar-refractivity contribution < 1.29 is 4.74 Å². The lowest BCUT2D eigenvalue weighted by molar-refractivity contribution is 0.0346. The van der Waals surface area contributed by atoms with E-state index in [1.807, 2.05) is 11.3 Å². The van der Waals surface area contributed by atoms with Crippen LogP contribution in [0, 0.1) is 0 Å². The Bertz CT molecular complexity index is 646. The first-order chi connectivity index (χ1) is 10.8. The highest BCUT2D eigenvalue weighted by atomic mass is 79.9. The van der Waals surface area contributed by atoms with Crippen LogP contribution in [0.3, 0.4) is 0 Å². The lowest BCUT2D eigenvalue weighted by Gasteiger charge is -2.26. The molecule has 22 heavy (non-hydrogen) atoms. The quantitative estimate of drug-likeness (QED) is 0.873. The van der Waals surface area contributed by atoms with E-state index in [4.69, 9.17) is 4.74 Å². The number of ether oxygens (including phenoxy) is 1. The minimum absolute atomic E-state index is 0.237. The minimum Gasteiger partial charge on any atom is -0.379 e. The fourth-order valence-electron chi connectivity index (χ4n) is 2.90. The Balaban J connectivity index is 1.48. The summed E-state index contributed by atoms with van der Waals surface area (Å²) < 4.78 is 6.51. The van der Waals surface area contributed by atoms with Gasteiger partial charge in [0.05, 0.1) is 23.8 Å². The molecule has 4 nitrogen and oxygen atoms in total. The summed E-state index contributed by atoms with van der Waals surface area (Å²) in [5, 5.41) is 3.41. The lowest BCUT2D eigenvalue weighted by atomic mass is 10.2. The number of halogens is 1. The van der Waals surface area contributed by atoms with Crippen LogP contribution in [-0.4, -0.2) is 42.3 Å². The van der Waals surface area contributed by atoms with E-state index in [1.54, 1.807) is 0 Å². The van der Waals surface area contributed by atoms with Crippen LogP contribution in [0.15, 0.2) is 41.2 Å². The summed E-state index contributed by atoms with van der Waals surface area (Å²) in [4.78, 5) is 7.46. The Hall–Kier alpha value is -1.08. The Morgan fingerprint density at radius 1 is 1.32 bits per heavy atom. The second-order valence-corrected chi connectivity index (χ2v) is 7.66. The number of fused-ring (bicyclic) bond motifs is 1. The molecule has 1 unspecified atom stereocenters. The van der Waals surface area contributed by atoms with Gasteiger partial charge in [0.25, 0.3) is 0 Å². The van der Waals surface area contributed by atoms with Crippen molar-refractivity contribution in [2.24, 2.45) is 0 Å². The average Bonchev–Trinajstić information content (AvgIpc) is 3.14. The van der Waals surface area contributed by atoms with E-state index in [-0.39, 0.29) is 6.17 Å². The van der Waals surface area contributed by atoms with Crippen molar-refractivity contribution in [3.05, 3.63) is 50.9 Å². The Labute approximate surface area is 142 Å². The first kappa shape index (κ1) is 14.5. The van der Waals surface area contributed by atoms with Crippen LogP contribution in [0.4, 0.5) is 0 Å². The van der Waals surface area contributed by atoms with Gasteiger partial charge in [-0.05, 0) is 40.2 Å². The molecule has 1 aromatic heterocycles. The fraction of sp³-hybridized carbons (Fsp3) is 0.375. The van der Waals surface area contributed by atoms with Gasteiger partial charge in [-0.1, -0.05) is 0 Å². The summed E-state index contributed by atoms with van der Waals surface area (Å²) in [6, 6.07) is 4.48. The highest BCUT2D eigenvalue weighted by Gasteiger charge is 2.26.